The predicted octanol–water partition coefficient (Wildman–Crippen LogP) is 2.01. The number of hydrogen-bond donors (Lipinski definition) is 0. The third-order valence-corrected chi connectivity index (χ3v) is 4.80. The molecular weight excluding hydrogens is 344 g/mol. The Morgan fingerprint density at radius 1 is 1.11 bits per heavy atom. The number of ether oxygens (including phenoxy) is 1. The Hall–Kier alpha value is -3.22. The molecule has 138 valence electrons. The quantitative estimate of drug-likeness (QED) is 0.710. The number of rotatable bonds is 3. The SMILES string of the molecule is Cn1nc(C(=O)N2CCC(Oc3cccc4cccnc34)CC2)ccc1=O. The molecule has 0 spiro atoms. The van der Waals surface area contributed by atoms with Crippen LogP contribution in [0.2, 0.25) is 0 Å². The van der Waals surface area contributed by atoms with Crippen LogP contribution >= 0.6 is 0 Å². The monoisotopic (exact) mass is 364 g/mol. The molecule has 3 heterocycles. The Morgan fingerprint density at radius 2 is 1.89 bits per heavy atom. The zero-order valence-corrected chi connectivity index (χ0v) is 15.0. The zero-order chi connectivity index (χ0) is 18.8. The van der Waals surface area contributed by atoms with Crippen LogP contribution in [0.15, 0.2) is 53.5 Å². The van der Waals surface area contributed by atoms with Gasteiger partial charge in [-0.1, -0.05) is 18.2 Å². The largest absolute Gasteiger partial charge is 0.488 e. The number of carbonyl (C=O) groups is 1. The Kier molecular flexibility index (Phi) is 4.58. The number of aryl methyl sites for hydroxylation is 1. The number of amides is 1. The molecule has 1 saturated heterocycles. The fourth-order valence-corrected chi connectivity index (χ4v) is 3.31. The molecular formula is C20H20N4O3. The van der Waals surface area contributed by atoms with Gasteiger partial charge in [0.15, 0.2) is 0 Å². The summed E-state index contributed by atoms with van der Waals surface area (Å²) in [6, 6.07) is 12.7. The van der Waals surface area contributed by atoms with E-state index in [2.05, 4.69) is 10.1 Å². The summed E-state index contributed by atoms with van der Waals surface area (Å²) in [6.07, 6.45) is 3.27. The molecule has 0 unspecified atom stereocenters. The third kappa shape index (κ3) is 3.53. The molecule has 2 aromatic heterocycles. The van der Waals surface area contributed by atoms with Crippen LogP contribution in [-0.2, 0) is 7.05 Å². The smallest absolute Gasteiger partial charge is 0.274 e. The van der Waals surface area contributed by atoms with E-state index in [0.29, 0.717) is 13.1 Å². The number of carbonyl (C=O) groups excluding carboxylic acids is 1. The lowest BCUT2D eigenvalue weighted by Crippen LogP contribution is -2.42. The summed E-state index contributed by atoms with van der Waals surface area (Å²) in [6.45, 7) is 1.18. The second kappa shape index (κ2) is 7.19. The summed E-state index contributed by atoms with van der Waals surface area (Å²) in [4.78, 5) is 30.2. The fraction of sp³-hybridized carbons (Fsp3) is 0.300. The number of para-hydroxylation sites is 1. The summed E-state index contributed by atoms with van der Waals surface area (Å²) >= 11 is 0. The van der Waals surface area contributed by atoms with Crippen LogP contribution in [0.25, 0.3) is 10.9 Å². The first-order chi connectivity index (χ1) is 13.1. The van der Waals surface area contributed by atoms with Gasteiger partial charge in [0.1, 0.15) is 23.1 Å². The van der Waals surface area contributed by atoms with Crippen molar-refractivity contribution in [3.8, 4) is 5.75 Å². The van der Waals surface area contributed by atoms with Crippen LogP contribution in [0.5, 0.6) is 5.75 Å². The van der Waals surface area contributed by atoms with Crippen molar-refractivity contribution in [2.24, 2.45) is 7.05 Å². The Morgan fingerprint density at radius 3 is 2.67 bits per heavy atom. The van der Waals surface area contributed by atoms with Gasteiger partial charge in [0.25, 0.3) is 11.5 Å². The number of benzene rings is 1. The predicted molar refractivity (Wildman–Crippen MR) is 101 cm³/mol. The molecule has 4 rings (SSSR count). The molecule has 1 amide bonds. The van der Waals surface area contributed by atoms with E-state index in [1.54, 1.807) is 11.1 Å². The first-order valence-corrected chi connectivity index (χ1v) is 8.96. The van der Waals surface area contributed by atoms with Gasteiger partial charge in [0.2, 0.25) is 0 Å². The normalized spacial score (nSPS) is 15.1. The van der Waals surface area contributed by atoms with Crippen LogP contribution in [0.3, 0.4) is 0 Å². The van der Waals surface area contributed by atoms with Gasteiger partial charge in [0.05, 0.1) is 0 Å². The van der Waals surface area contributed by atoms with Gasteiger partial charge in [-0.2, -0.15) is 5.10 Å². The second-order valence-corrected chi connectivity index (χ2v) is 6.62. The molecule has 0 bridgehead atoms. The minimum Gasteiger partial charge on any atom is -0.488 e. The summed E-state index contributed by atoms with van der Waals surface area (Å²) < 4.78 is 7.35. The second-order valence-electron chi connectivity index (χ2n) is 6.62. The van der Waals surface area contributed by atoms with Crippen LogP contribution in [0.4, 0.5) is 0 Å². The highest BCUT2D eigenvalue weighted by atomic mass is 16.5. The van der Waals surface area contributed by atoms with Crippen molar-refractivity contribution in [2.45, 2.75) is 18.9 Å². The number of likely N-dealkylation sites (tertiary alicyclic amines) is 1. The van der Waals surface area contributed by atoms with Gasteiger partial charge in [0, 0.05) is 50.6 Å². The Labute approximate surface area is 156 Å². The van der Waals surface area contributed by atoms with E-state index >= 15 is 0 Å². The third-order valence-electron chi connectivity index (χ3n) is 4.80. The van der Waals surface area contributed by atoms with Crippen molar-refractivity contribution in [1.82, 2.24) is 19.7 Å². The van der Waals surface area contributed by atoms with Gasteiger partial charge in [-0.15, -0.1) is 0 Å². The molecule has 27 heavy (non-hydrogen) atoms. The van der Waals surface area contributed by atoms with E-state index in [4.69, 9.17) is 4.74 Å². The van der Waals surface area contributed by atoms with Crippen molar-refractivity contribution >= 4 is 16.8 Å². The first kappa shape index (κ1) is 17.2. The summed E-state index contributed by atoms with van der Waals surface area (Å²) in [5.41, 5.74) is 0.907. The number of aromatic nitrogens is 3. The molecule has 1 fully saturated rings. The lowest BCUT2D eigenvalue weighted by Gasteiger charge is -2.32. The van der Waals surface area contributed by atoms with Gasteiger partial charge < -0.3 is 9.64 Å². The lowest BCUT2D eigenvalue weighted by atomic mass is 10.1. The van der Waals surface area contributed by atoms with E-state index in [-0.39, 0.29) is 23.3 Å². The van der Waals surface area contributed by atoms with E-state index in [1.807, 2.05) is 30.3 Å². The molecule has 7 nitrogen and oxygen atoms in total. The van der Waals surface area contributed by atoms with Crippen LogP contribution in [0.1, 0.15) is 23.3 Å². The molecule has 3 aromatic rings. The number of hydrogen-bond acceptors (Lipinski definition) is 5. The highest BCUT2D eigenvalue weighted by Crippen LogP contribution is 2.26. The average molecular weight is 364 g/mol. The number of piperidine rings is 1. The molecule has 1 aliphatic heterocycles. The molecule has 0 saturated carbocycles. The van der Waals surface area contributed by atoms with E-state index in [1.165, 1.54) is 23.9 Å². The van der Waals surface area contributed by atoms with Crippen molar-refractivity contribution in [3.63, 3.8) is 0 Å². The Balaban J connectivity index is 1.42. The molecule has 0 aliphatic carbocycles. The Bertz CT molecular complexity index is 1030. The maximum absolute atomic E-state index is 12.6. The van der Waals surface area contributed by atoms with E-state index < -0.39 is 0 Å². The van der Waals surface area contributed by atoms with Crippen LogP contribution < -0.4 is 10.3 Å². The summed E-state index contributed by atoms with van der Waals surface area (Å²) in [5.74, 6) is 0.619. The van der Waals surface area contributed by atoms with E-state index in [9.17, 15) is 9.59 Å². The fourth-order valence-electron chi connectivity index (χ4n) is 3.31. The number of nitrogens with zero attached hydrogens (tertiary/aromatic N) is 4. The van der Waals surface area contributed by atoms with Crippen molar-refractivity contribution in [3.05, 3.63) is 64.7 Å². The van der Waals surface area contributed by atoms with Gasteiger partial charge in [-0.25, -0.2) is 4.68 Å². The topological polar surface area (TPSA) is 77.3 Å². The number of pyridine rings is 1. The van der Waals surface area contributed by atoms with E-state index in [0.717, 1.165) is 29.5 Å². The molecule has 0 atom stereocenters. The maximum atomic E-state index is 12.6. The standard InChI is InChI=1S/C20H20N4O3/c1-23-18(25)8-7-16(22-23)20(26)24-12-9-15(10-13-24)27-17-6-2-4-14-5-3-11-21-19(14)17/h2-8,11,15H,9-10,12-13H2,1H3. The first-order valence-electron chi connectivity index (χ1n) is 8.96. The van der Waals surface area contributed by atoms with Crippen molar-refractivity contribution < 1.29 is 9.53 Å². The molecule has 0 N–H and O–H groups in total. The minimum absolute atomic E-state index is 0.0368. The van der Waals surface area contributed by atoms with Gasteiger partial charge >= 0.3 is 0 Å². The average Bonchev–Trinajstić information content (AvgIpc) is 2.70. The van der Waals surface area contributed by atoms with Crippen LogP contribution in [-0.4, -0.2) is 44.8 Å². The number of fused-ring (bicyclic) bond motifs is 1. The highest BCUT2D eigenvalue weighted by Gasteiger charge is 2.26. The molecule has 0 radical (unpaired) electrons. The summed E-state index contributed by atoms with van der Waals surface area (Å²) in [7, 11) is 1.54. The van der Waals surface area contributed by atoms with Gasteiger partial charge in [-0.05, 0) is 18.2 Å². The van der Waals surface area contributed by atoms with Crippen molar-refractivity contribution in [1.29, 1.82) is 0 Å². The van der Waals surface area contributed by atoms with Crippen molar-refractivity contribution in [2.75, 3.05) is 13.1 Å². The lowest BCUT2D eigenvalue weighted by molar-refractivity contribution is 0.0590. The molecule has 1 aliphatic rings. The minimum atomic E-state index is -0.234. The molecule has 7 heteroatoms. The zero-order valence-electron chi connectivity index (χ0n) is 15.0. The molecule has 1 aromatic carbocycles. The highest BCUT2D eigenvalue weighted by molar-refractivity contribution is 5.92. The van der Waals surface area contributed by atoms with Gasteiger partial charge in [-0.3, -0.25) is 14.6 Å². The van der Waals surface area contributed by atoms with Crippen LogP contribution in [0, 0.1) is 0 Å². The maximum Gasteiger partial charge on any atom is 0.274 e. The summed E-state index contributed by atoms with van der Waals surface area (Å²) in [5, 5.41) is 5.09.